The molecule has 0 bridgehead atoms. The Morgan fingerprint density at radius 1 is 1.16 bits per heavy atom. The molecule has 0 fully saturated rings. The second-order valence-corrected chi connectivity index (χ2v) is 11.4. The van der Waals surface area contributed by atoms with E-state index >= 15 is 0 Å². The van der Waals surface area contributed by atoms with Crippen LogP contribution in [0.1, 0.15) is 59.8 Å². The molecule has 234 valence electrons. The van der Waals surface area contributed by atoms with Gasteiger partial charge in [0.25, 0.3) is 5.91 Å². The number of pyridine rings is 1. The molecule has 3 heterocycles. The first-order valence-corrected chi connectivity index (χ1v) is 15.3. The first-order valence-electron chi connectivity index (χ1n) is 15.3. The minimum Gasteiger partial charge on any atom is -0.480 e. The minimum absolute atomic E-state index is 0.130. The summed E-state index contributed by atoms with van der Waals surface area (Å²) in [6, 6.07) is 9.56. The van der Waals surface area contributed by atoms with Gasteiger partial charge in [-0.25, -0.2) is 14.2 Å². The van der Waals surface area contributed by atoms with Gasteiger partial charge in [-0.2, -0.15) is 0 Å². The van der Waals surface area contributed by atoms with E-state index in [0.29, 0.717) is 38.2 Å². The van der Waals surface area contributed by atoms with E-state index in [1.54, 1.807) is 19.1 Å². The van der Waals surface area contributed by atoms with Gasteiger partial charge < -0.3 is 30.3 Å². The van der Waals surface area contributed by atoms with E-state index in [9.17, 15) is 23.9 Å². The molecule has 10 nitrogen and oxygen atoms in total. The summed E-state index contributed by atoms with van der Waals surface area (Å²) in [5.41, 5.74) is 3.79. The number of fused-ring (bicyclic) bond motifs is 2. The molecule has 0 spiro atoms. The van der Waals surface area contributed by atoms with E-state index in [0.717, 1.165) is 55.7 Å². The highest BCUT2D eigenvalue weighted by Gasteiger charge is 2.33. The lowest BCUT2D eigenvalue weighted by Crippen LogP contribution is -2.54. The van der Waals surface area contributed by atoms with Crippen LogP contribution in [0, 0.1) is 0 Å². The molecule has 11 heteroatoms. The Labute approximate surface area is 253 Å². The predicted octanol–water partition coefficient (Wildman–Crippen LogP) is 3.10. The van der Waals surface area contributed by atoms with Crippen LogP contribution in [-0.2, 0) is 33.6 Å². The van der Waals surface area contributed by atoms with Gasteiger partial charge in [0.1, 0.15) is 24.6 Å². The molecule has 0 aliphatic carbocycles. The summed E-state index contributed by atoms with van der Waals surface area (Å²) in [6.07, 6.45) is 4.79. The molecule has 0 unspecified atom stereocenters. The number of rotatable bonds is 16. The molecule has 2 aliphatic rings. The standard InChI is InChI=1S/C32H44FN5O5/c1-22(38-19-14-23-8-3-4-11-27(23)31(38)40)30(39)36-28(32(41)42)15-18-37(21-26(20-33)43-2)17-6-5-10-25-13-12-24-9-7-16-34-29(24)35-25/h3-4,8,11-13,22,26,28H,5-7,9-10,14-21H2,1-2H3,(H,34,35)(H,36,39)(H,41,42)/t22-,26+,28-/m0/s1. The third-order valence-electron chi connectivity index (χ3n) is 8.40. The number of carbonyl (C=O) groups excluding carboxylic acids is 2. The lowest BCUT2D eigenvalue weighted by atomic mass is 9.98. The SMILES string of the molecule is CO[C@H](CF)CN(CCCCc1ccc2c(n1)NCCC2)CC[C@H](NC(=O)[C@H](C)N1CCc2ccccc2C1=O)C(=O)O. The van der Waals surface area contributed by atoms with Crippen molar-refractivity contribution in [3.8, 4) is 0 Å². The molecule has 2 amide bonds. The molecule has 2 aromatic rings. The number of carboxylic acid groups (broad SMARTS) is 1. The summed E-state index contributed by atoms with van der Waals surface area (Å²) >= 11 is 0. The van der Waals surface area contributed by atoms with Gasteiger partial charge >= 0.3 is 5.97 Å². The number of anilines is 1. The maximum atomic E-state index is 13.5. The molecule has 43 heavy (non-hydrogen) atoms. The van der Waals surface area contributed by atoms with Crippen LogP contribution in [0.5, 0.6) is 0 Å². The maximum absolute atomic E-state index is 13.5. The monoisotopic (exact) mass is 597 g/mol. The molecule has 3 atom stereocenters. The van der Waals surface area contributed by atoms with Crippen LogP contribution in [0.4, 0.5) is 10.2 Å². The van der Waals surface area contributed by atoms with Crippen LogP contribution in [0.2, 0.25) is 0 Å². The molecule has 1 aromatic carbocycles. The van der Waals surface area contributed by atoms with Crippen molar-refractivity contribution in [1.82, 2.24) is 20.1 Å². The van der Waals surface area contributed by atoms with E-state index in [-0.39, 0.29) is 12.3 Å². The zero-order chi connectivity index (χ0) is 30.8. The van der Waals surface area contributed by atoms with Gasteiger partial charge in [0.15, 0.2) is 0 Å². The van der Waals surface area contributed by atoms with Crippen molar-refractivity contribution in [3.05, 3.63) is 58.8 Å². The van der Waals surface area contributed by atoms with Crippen LogP contribution >= 0.6 is 0 Å². The van der Waals surface area contributed by atoms with Gasteiger partial charge in [-0.05, 0) is 81.7 Å². The van der Waals surface area contributed by atoms with Crippen molar-refractivity contribution in [2.45, 2.75) is 70.1 Å². The molecule has 3 N–H and O–H groups in total. The zero-order valence-corrected chi connectivity index (χ0v) is 25.2. The zero-order valence-electron chi connectivity index (χ0n) is 25.2. The molecular formula is C32H44FN5O5. The van der Waals surface area contributed by atoms with Crippen LogP contribution in [-0.4, -0.2) is 102 Å². The Morgan fingerprint density at radius 2 is 1.98 bits per heavy atom. The number of unbranched alkanes of at least 4 members (excludes halogenated alkanes) is 1. The fraction of sp³-hybridized carbons (Fsp3) is 0.562. The Balaban J connectivity index is 1.30. The molecule has 4 rings (SSSR count). The molecule has 0 saturated carbocycles. The maximum Gasteiger partial charge on any atom is 0.326 e. The second kappa shape index (κ2) is 15.8. The van der Waals surface area contributed by atoms with E-state index in [2.05, 4.69) is 22.8 Å². The summed E-state index contributed by atoms with van der Waals surface area (Å²) in [4.78, 5) is 46.5. The highest BCUT2D eigenvalue weighted by Crippen LogP contribution is 2.22. The highest BCUT2D eigenvalue weighted by atomic mass is 19.1. The Hall–Kier alpha value is -3.57. The molecule has 2 aliphatic heterocycles. The first kappa shape index (κ1) is 32.3. The number of benzene rings is 1. The Bertz CT molecular complexity index is 1260. The summed E-state index contributed by atoms with van der Waals surface area (Å²) in [7, 11) is 1.46. The number of methoxy groups -OCH3 is 1. The number of ether oxygens (including phenoxy) is 1. The summed E-state index contributed by atoms with van der Waals surface area (Å²) in [5, 5.41) is 15.9. The smallest absolute Gasteiger partial charge is 0.326 e. The number of carboxylic acids is 1. The number of carbonyl (C=O) groups is 3. The lowest BCUT2D eigenvalue weighted by molar-refractivity contribution is -0.142. The Morgan fingerprint density at radius 3 is 2.74 bits per heavy atom. The number of hydrogen-bond donors (Lipinski definition) is 3. The first-order chi connectivity index (χ1) is 20.8. The third-order valence-corrected chi connectivity index (χ3v) is 8.40. The van der Waals surface area contributed by atoms with Crippen LogP contribution in [0.3, 0.4) is 0 Å². The van der Waals surface area contributed by atoms with E-state index in [4.69, 9.17) is 9.72 Å². The van der Waals surface area contributed by atoms with Crippen molar-refractivity contribution in [2.24, 2.45) is 0 Å². The quantitative estimate of drug-likeness (QED) is 0.252. The number of halogens is 1. The summed E-state index contributed by atoms with van der Waals surface area (Å²) < 4.78 is 18.8. The van der Waals surface area contributed by atoms with Crippen molar-refractivity contribution >= 4 is 23.6 Å². The normalized spacial score (nSPS) is 16.6. The Kier molecular flexibility index (Phi) is 11.9. The number of aryl methyl sites for hydroxylation is 2. The van der Waals surface area contributed by atoms with Crippen LogP contribution < -0.4 is 10.6 Å². The van der Waals surface area contributed by atoms with Crippen LogP contribution in [0.15, 0.2) is 36.4 Å². The highest BCUT2D eigenvalue weighted by molar-refractivity contribution is 6.00. The minimum atomic E-state index is -1.16. The van der Waals surface area contributed by atoms with Crippen molar-refractivity contribution in [3.63, 3.8) is 0 Å². The number of aromatic nitrogens is 1. The van der Waals surface area contributed by atoms with Gasteiger partial charge in [-0.1, -0.05) is 24.3 Å². The average Bonchev–Trinajstić information content (AvgIpc) is 3.02. The molecule has 0 radical (unpaired) electrons. The van der Waals surface area contributed by atoms with Gasteiger partial charge in [0.05, 0.1) is 6.10 Å². The number of nitrogens with zero attached hydrogens (tertiary/aromatic N) is 3. The number of alkyl halides is 1. The molecule has 0 saturated heterocycles. The van der Waals surface area contributed by atoms with Gasteiger partial charge in [-0.15, -0.1) is 0 Å². The van der Waals surface area contributed by atoms with Crippen molar-refractivity contribution < 1.29 is 28.6 Å². The summed E-state index contributed by atoms with van der Waals surface area (Å²) in [5.74, 6) is -0.933. The molecular weight excluding hydrogens is 553 g/mol. The number of nitrogens with one attached hydrogen (secondary N) is 2. The van der Waals surface area contributed by atoms with E-state index in [1.807, 2.05) is 17.0 Å². The summed E-state index contributed by atoms with van der Waals surface area (Å²) in [6.45, 7) is 3.56. The fourth-order valence-corrected chi connectivity index (χ4v) is 5.73. The van der Waals surface area contributed by atoms with Gasteiger partial charge in [0.2, 0.25) is 5.91 Å². The second-order valence-electron chi connectivity index (χ2n) is 11.4. The van der Waals surface area contributed by atoms with Gasteiger partial charge in [0, 0.05) is 44.5 Å². The topological polar surface area (TPSA) is 124 Å². The average molecular weight is 598 g/mol. The van der Waals surface area contributed by atoms with Crippen LogP contribution in [0.25, 0.3) is 0 Å². The lowest BCUT2D eigenvalue weighted by Gasteiger charge is -2.33. The fourth-order valence-electron chi connectivity index (χ4n) is 5.73. The van der Waals surface area contributed by atoms with Crippen molar-refractivity contribution in [2.75, 3.05) is 51.8 Å². The number of aliphatic carboxylic acids is 1. The molecule has 1 aromatic heterocycles. The number of hydrogen-bond acceptors (Lipinski definition) is 7. The van der Waals surface area contributed by atoms with Gasteiger partial charge in [-0.3, -0.25) is 9.59 Å². The van der Waals surface area contributed by atoms with Crippen molar-refractivity contribution in [1.29, 1.82) is 0 Å². The third kappa shape index (κ3) is 8.73. The van der Waals surface area contributed by atoms with E-state index < -0.39 is 36.7 Å². The predicted molar refractivity (Wildman–Crippen MR) is 162 cm³/mol. The number of amides is 2. The largest absolute Gasteiger partial charge is 0.480 e. The van der Waals surface area contributed by atoms with E-state index in [1.165, 1.54) is 17.6 Å².